The molecule has 0 aliphatic carbocycles. The number of aliphatic hydroxyl groups excluding tert-OH is 1. The van der Waals surface area contributed by atoms with Gasteiger partial charge in [-0.1, -0.05) is 6.07 Å². The Bertz CT molecular complexity index is 447. The van der Waals surface area contributed by atoms with Gasteiger partial charge in [-0.25, -0.2) is 4.79 Å². The van der Waals surface area contributed by atoms with Crippen molar-refractivity contribution in [2.45, 2.75) is 13.0 Å². The third-order valence-corrected chi connectivity index (χ3v) is 2.77. The lowest BCUT2D eigenvalue weighted by Crippen LogP contribution is -2.36. The van der Waals surface area contributed by atoms with Gasteiger partial charge >= 0.3 is 5.97 Å². The minimum Gasteiger partial charge on any atom is -0.479 e. The van der Waals surface area contributed by atoms with E-state index in [1.807, 2.05) is 6.92 Å². The zero-order valence-corrected chi connectivity index (χ0v) is 10.7. The Labute approximate surface area is 107 Å². The van der Waals surface area contributed by atoms with E-state index in [0.29, 0.717) is 10.0 Å². The lowest BCUT2D eigenvalue weighted by atomic mass is 10.1. The predicted molar refractivity (Wildman–Crippen MR) is 64.9 cm³/mol. The second-order valence-electron chi connectivity index (χ2n) is 3.55. The minimum absolute atomic E-state index is 0.325. The molecule has 0 fully saturated rings. The Morgan fingerprint density at radius 1 is 1.47 bits per heavy atom. The molecule has 92 valence electrons. The van der Waals surface area contributed by atoms with E-state index < -0.39 is 18.0 Å². The van der Waals surface area contributed by atoms with Crippen LogP contribution in [0.1, 0.15) is 15.9 Å². The standard InChI is InChI=1S/C11H12BrNO4/c1-6-2-3-7(8(12)4-6)10(15)13-5-9(14)11(16)17/h2-4,9,14H,5H2,1H3,(H,13,15)(H,16,17)/t9-/m0/s1. The zero-order valence-electron chi connectivity index (χ0n) is 9.11. The number of carboxylic acids is 1. The van der Waals surface area contributed by atoms with Gasteiger partial charge in [-0.05, 0) is 40.5 Å². The average Bonchev–Trinajstić information content (AvgIpc) is 2.25. The Balaban J connectivity index is 2.67. The number of aryl methyl sites for hydroxylation is 1. The van der Waals surface area contributed by atoms with Gasteiger partial charge in [0.15, 0.2) is 6.10 Å². The van der Waals surface area contributed by atoms with Gasteiger partial charge in [-0.15, -0.1) is 0 Å². The highest BCUT2D eigenvalue weighted by Crippen LogP contribution is 2.18. The number of carboxylic acid groups (broad SMARTS) is 1. The molecular formula is C11H12BrNO4. The minimum atomic E-state index is -1.59. The number of benzene rings is 1. The molecule has 17 heavy (non-hydrogen) atoms. The Morgan fingerprint density at radius 2 is 2.12 bits per heavy atom. The number of hydrogen-bond acceptors (Lipinski definition) is 3. The number of hydrogen-bond donors (Lipinski definition) is 3. The lowest BCUT2D eigenvalue weighted by Gasteiger charge is -2.09. The van der Waals surface area contributed by atoms with Gasteiger partial charge in [0, 0.05) is 4.47 Å². The van der Waals surface area contributed by atoms with E-state index in [2.05, 4.69) is 21.2 Å². The van der Waals surface area contributed by atoms with Crippen LogP contribution in [0.15, 0.2) is 22.7 Å². The van der Waals surface area contributed by atoms with Crippen molar-refractivity contribution in [1.29, 1.82) is 0 Å². The fourth-order valence-electron chi connectivity index (χ4n) is 1.18. The third-order valence-electron chi connectivity index (χ3n) is 2.11. The van der Waals surface area contributed by atoms with E-state index in [4.69, 9.17) is 10.2 Å². The van der Waals surface area contributed by atoms with Gasteiger partial charge < -0.3 is 15.5 Å². The maximum Gasteiger partial charge on any atom is 0.334 e. The molecule has 0 saturated heterocycles. The number of halogens is 1. The fourth-order valence-corrected chi connectivity index (χ4v) is 1.85. The van der Waals surface area contributed by atoms with Gasteiger partial charge in [0.2, 0.25) is 0 Å². The van der Waals surface area contributed by atoms with E-state index in [1.165, 1.54) is 0 Å². The molecule has 0 heterocycles. The summed E-state index contributed by atoms with van der Waals surface area (Å²) in [5.74, 6) is -1.80. The molecule has 1 rings (SSSR count). The summed E-state index contributed by atoms with van der Waals surface area (Å²) in [5.41, 5.74) is 1.40. The molecule has 1 aromatic carbocycles. The van der Waals surface area contributed by atoms with Gasteiger partial charge in [-0.2, -0.15) is 0 Å². The molecule has 0 aliphatic rings. The van der Waals surface area contributed by atoms with Crippen molar-refractivity contribution in [3.8, 4) is 0 Å². The number of aliphatic carboxylic acids is 1. The number of rotatable bonds is 4. The number of carbonyl (C=O) groups is 2. The van der Waals surface area contributed by atoms with Crippen LogP contribution in [0.4, 0.5) is 0 Å². The summed E-state index contributed by atoms with van der Waals surface area (Å²) in [6, 6.07) is 5.18. The van der Waals surface area contributed by atoms with Crippen LogP contribution in [0.5, 0.6) is 0 Å². The van der Waals surface area contributed by atoms with Crippen molar-refractivity contribution in [2.24, 2.45) is 0 Å². The average molecular weight is 302 g/mol. The molecule has 0 unspecified atom stereocenters. The molecule has 0 spiro atoms. The highest BCUT2D eigenvalue weighted by molar-refractivity contribution is 9.10. The first-order chi connectivity index (χ1) is 7.91. The molecule has 0 bridgehead atoms. The summed E-state index contributed by atoms with van der Waals surface area (Å²) in [7, 11) is 0. The number of carbonyl (C=O) groups excluding carboxylic acids is 1. The molecule has 1 amide bonds. The molecule has 0 aromatic heterocycles. The number of nitrogens with one attached hydrogen (secondary N) is 1. The van der Waals surface area contributed by atoms with Crippen LogP contribution in [0.25, 0.3) is 0 Å². The monoisotopic (exact) mass is 301 g/mol. The van der Waals surface area contributed by atoms with Crippen molar-refractivity contribution in [3.63, 3.8) is 0 Å². The van der Waals surface area contributed by atoms with Gasteiger partial charge in [0.05, 0.1) is 12.1 Å². The normalized spacial score (nSPS) is 11.9. The topological polar surface area (TPSA) is 86.6 Å². The largest absolute Gasteiger partial charge is 0.479 e. The third kappa shape index (κ3) is 3.83. The van der Waals surface area contributed by atoms with Crippen LogP contribution < -0.4 is 5.32 Å². The Hall–Kier alpha value is -1.40. The summed E-state index contributed by atoms with van der Waals surface area (Å²) in [6.45, 7) is 1.56. The van der Waals surface area contributed by atoms with Crippen LogP contribution in [-0.2, 0) is 4.79 Å². The molecule has 0 saturated carbocycles. The maximum atomic E-state index is 11.7. The summed E-state index contributed by atoms with van der Waals surface area (Å²) in [4.78, 5) is 22.0. The van der Waals surface area contributed by atoms with Crippen molar-refractivity contribution in [1.82, 2.24) is 5.32 Å². The van der Waals surface area contributed by atoms with Crippen LogP contribution >= 0.6 is 15.9 Å². The molecule has 0 aliphatic heterocycles. The van der Waals surface area contributed by atoms with Crippen molar-refractivity contribution in [3.05, 3.63) is 33.8 Å². The molecule has 3 N–H and O–H groups in total. The van der Waals surface area contributed by atoms with Crippen LogP contribution in [0.2, 0.25) is 0 Å². The summed E-state index contributed by atoms with van der Waals surface area (Å²) >= 11 is 3.24. The van der Waals surface area contributed by atoms with E-state index in [9.17, 15) is 9.59 Å². The van der Waals surface area contributed by atoms with Crippen molar-refractivity contribution in [2.75, 3.05) is 6.54 Å². The molecule has 1 atom stereocenters. The van der Waals surface area contributed by atoms with Gasteiger partial charge in [0.25, 0.3) is 5.91 Å². The summed E-state index contributed by atoms with van der Waals surface area (Å²) in [6.07, 6.45) is -1.59. The molecule has 6 heteroatoms. The first kappa shape index (κ1) is 13.7. The fraction of sp³-hybridized carbons (Fsp3) is 0.273. The highest BCUT2D eigenvalue weighted by Gasteiger charge is 2.16. The SMILES string of the molecule is Cc1ccc(C(=O)NC[C@H](O)C(=O)O)c(Br)c1. The van der Waals surface area contributed by atoms with E-state index in [-0.39, 0.29) is 6.54 Å². The summed E-state index contributed by atoms with van der Waals surface area (Å²) in [5, 5.41) is 19.8. The predicted octanol–water partition coefficient (Wildman–Crippen LogP) is 0.933. The van der Waals surface area contributed by atoms with Crippen LogP contribution in [0.3, 0.4) is 0 Å². The van der Waals surface area contributed by atoms with Gasteiger partial charge in [0.1, 0.15) is 0 Å². The first-order valence-electron chi connectivity index (χ1n) is 4.87. The van der Waals surface area contributed by atoms with E-state index >= 15 is 0 Å². The molecule has 0 radical (unpaired) electrons. The highest BCUT2D eigenvalue weighted by atomic mass is 79.9. The van der Waals surface area contributed by atoms with E-state index in [0.717, 1.165) is 5.56 Å². The smallest absolute Gasteiger partial charge is 0.334 e. The van der Waals surface area contributed by atoms with Crippen LogP contribution in [0, 0.1) is 6.92 Å². The second kappa shape index (κ2) is 5.79. The Morgan fingerprint density at radius 3 is 2.65 bits per heavy atom. The first-order valence-corrected chi connectivity index (χ1v) is 5.66. The summed E-state index contributed by atoms with van der Waals surface area (Å²) < 4.78 is 0.625. The number of aliphatic hydroxyl groups is 1. The second-order valence-corrected chi connectivity index (χ2v) is 4.40. The molecule has 5 nitrogen and oxygen atoms in total. The van der Waals surface area contributed by atoms with Gasteiger partial charge in [-0.3, -0.25) is 4.79 Å². The Kier molecular flexibility index (Phi) is 4.65. The van der Waals surface area contributed by atoms with E-state index in [1.54, 1.807) is 18.2 Å². The van der Waals surface area contributed by atoms with Crippen molar-refractivity contribution < 1.29 is 19.8 Å². The molecular weight excluding hydrogens is 290 g/mol. The van der Waals surface area contributed by atoms with Crippen molar-refractivity contribution >= 4 is 27.8 Å². The lowest BCUT2D eigenvalue weighted by molar-refractivity contribution is -0.146. The number of amides is 1. The quantitative estimate of drug-likeness (QED) is 0.772. The maximum absolute atomic E-state index is 11.7. The van der Waals surface area contributed by atoms with Crippen LogP contribution in [-0.4, -0.2) is 34.7 Å². The zero-order chi connectivity index (χ0) is 13.0. The molecule has 1 aromatic rings.